The van der Waals surface area contributed by atoms with Crippen molar-refractivity contribution in [2.75, 3.05) is 7.11 Å². The van der Waals surface area contributed by atoms with Gasteiger partial charge in [-0.25, -0.2) is 4.79 Å². The van der Waals surface area contributed by atoms with E-state index in [9.17, 15) is 9.59 Å². The number of rotatable bonds is 5. The topological polar surface area (TPSA) is 89.0 Å². The number of aromatic nitrogens is 3. The van der Waals surface area contributed by atoms with Crippen molar-refractivity contribution in [1.29, 1.82) is 0 Å². The number of nitrogens with zero attached hydrogens (tertiary/aromatic N) is 2. The van der Waals surface area contributed by atoms with Crippen LogP contribution in [0.3, 0.4) is 0 Å². The van der Waals surface area contributed by atoms with Crippen LogP contribution in [0.5, 0.6) is 5.75 Å². The van der Waals surface area contributed by atoms with Gasteiger partial charge in [0, 0.05) is 6.54 Å². The van der Waals surface area contributed by atoms with Gasteiger partial charge in [0.15, 0.2) is 0 Å². The van der Waals surface area contributed by atoms with E-state index >= 15 is 0 Å². The smallest absolute Gasteiger partial charge is 0.348 e. The van der Waals surface area contributed by atoms with Crippen molar-refractivity contribution in [2.45, 2.75) is 6.54 Å². The van der Waals surface area contributed by atoms with E-state index in [2.05, 4.69) is 15.4 Å². The molecule has 1 aromatic heterocycles. The molecule has 0 unspecified atom stereocenters. The molecule has 24 heavy (non-hydrogen) atoms. The van der Waals surface area contributed by atoms with Crippen molar-refractivity contribution in [1.82, 2.24) is 20.1 Å². The van der Waals surface area contributed by atoms with Crippen LogP contribution in [-0.4, -0.2) is 27.8 Å². The first-order chi connectivity index (χ1) is 11.7. The first-order valence-electron chi connectivity index (χ1n) is 7.33. The van der Waals surface area contributed by atoms with E-state index in [-0.39, 0.29) is 5.82 Å². The molecule has 3 rings (SSSR count). The summed E-state index contributed by atoms with van der Waals surface area (Å²) < 4.78 is 6.24. The maximum Gasteiger partial charge on any atom is 0.348 e. The van der Waals surface area contributed by atoms with E-state index in [1.165, 1.54) is 0 Å². The third-order valence-electron chi connectivity index (χ3n) is 3.45. The Morgan fingerprint density at radius 1 is 1.17 bits per heavy atom. The van der Waals surface area contributed by atoms with E-state index in [0.717, 1.165) is 16.0 Å². The molecular formula is C17H16N4O3. The number of carbonyl (C=O) groups is 1. The fourth-order valence-electron chi connectivity index (χ4n) is 2.18. The van der Waals surface area contributed by atoms with Crippen LogP contribution in [0, 0.1) is 0 Å². The molecule has 0 saturated heterocycles. The number of aromatic amines is 1. The van der Waals surface area contributed by atoms with E-state index in [0.29, 0.717) is 12.2 Å². The van der Waals surface area contributed by atoms with Crippen LogP contribution >= 0.6 is 0 Å². The highest BCUT2D eigenvalue weighted by atomic mass is 16.5. The van der Waals surface area contributed by atoms with Crippen molar-refractivity contribution in [3.63, 3.8) is 0 Å². The van der Waals surface area contributed by atoms with Gasteiger partial charge in [-0.15, -0.1) is 5.10 Å². The van der Waals surface area contributed by atoms with Gasteiger partial charge in [-0.05, 0) is 29.8 Å². The van der Waals surface area contributed by atoms with Crippen LogP contribution < -0.4 is 15.7 Å². The summed E-state index contributed by atoms with van der Waals surface area (Å²) in [6, 6.07) is 16.2. The molecule has 0 fully saturated rings. The number of para-hydroxylation sites is 1. The van der Waals surface area contributed by atoms with E-state index in [1.807, 2.05) is 30.3 Å². The predicted octanol–water partition coefficient (Wildman–Crippen LogP) is 1.50. The Labute approximate surface area is 137 Å². The summed E-state index contributed by atoms with van der Waals surface area (Å²) in [5.74, 6) is 0.269. The van der Waals surface area contributed by atoms with Crippen LogP contribution in [0.1, 0.15) is 16.2 Å². The van der Waals surface area contributed by atoms with Gasteiger partial charge in [0.25, 0.3) is 5.91 Å². The maximum absolute atomic E-state index is 12.2. The van der Waals surface area contributed by atoms with Gasteiger partial charge < -0.3 is 10.1 Å². The highest BCUT2D eigenvalue weighted by molar-refractivity contribution is 5.90. The molecule has 0 atom stereocenters. The lowest BCUT2D eigenvalue weighted by molar-refractivity contribution is 0.0940. The Kier molecular flexibility index (Phi) is 4.42. The lowest BCUT2D eigenvalue weighted by Crippen LogP contribution is -2.24. The third-order valence-corrected chi connectivity index (χ3v) is 3.45. The van der Waals surface area contributed by atoms with Crippen LogP contribution in [0.4, 0.5) is 0 Å². The van der Waals surface area contributed by atoms with Crippen LogP contribution in [0.25, 0.3) is 5.69 Å². The van der Waals surface area contributed by atoms with Gasteiger partial charge in [-0.1, -0.05) is 30.3 Å². The van der Waals surface area contributed by atoms with Gasteiger partial charge in [0.2, 0.25) is 5.82 Å². The molecular weight excluding hydrogens is 308 g/mol. The lowest BCUT2D eigenvalue weighted by atomic mass is 10.2. The first-order valence-corrected chi connectivity index (χ1v) is 7.33. The molecule has 1 amide bonds. The molecule has 1 heterocycles. The number of hydrogen-bond acceptors (Lipinski definition) is 4. The Hall–Kier alpha value is -3.35. The molecule has 0 aliphatic rings. The summed E-state index contributed by atoms with van der Waals surface area (Å²) in [6.45, 7) is 0.322. The normalized spacial score (nSPS) is 10.4. The predicted molar refractivity (Wildman–Crippen MR) is 88.3 cm³/mol. The van der Waals surface area contributed by atoms with E-state index < -0.39 is 11.6 Å². The molecule has 7 nitrogen and oxygen atoms in total. The summed E-state index contributed by atoms with van der Waals surface area (Å²) in [4.78, 5) is 26.6. The van der Waals surface area contributed by atoms with E-state index in [4.69, 9.17) is 4.74 Å². The van der Waals surface area contributed by atoms with Gasteiger partial charge in [0.05, 0.1) is 12.8 Å². The number of benzene rings is 2. The van der Waals surface area contributed by atoms with Crippen molar-refractivity contribution >= 4 is 5.91 Å². The summed E-state index contributed by atoms with van der Waals surface area (Å²) in [5, 5.41) is 6.76. The number of amides is 1. The zero-order valence-corrected chi connectivity index (χ0v) is 13.0. The summed E-state index contributed by atoms with van der Waals surface area (Å²) in [5.41, 5.74) is 1.04. The third kappa shape index (κ3) is 3.35. The van der Waals surface area contributed by atoms with Crippen LogP contribution in [0.2, 0.25) is 0 Å². The second kappa shape index (κ2) is 6.82. The molecule has 2 aromatic carbocycles. The van der Waals surface area contributed by atoms with Crippen molar-refractivity contribution in [3.8, 4) is 11.4 Å². The molecule has 0 spiro atoms. The largest absolute Gasteiger partial charge is 0.497 e. The van der Waals surface area contributed by atoms with Gasteiger partial charge >= 0.3 is 5.69 Å². The average molecular weight is 324 g/mol. The molecule has 122 valence electrons. The molecule has 0 saturated carbocycles. The minimum absolute atomic E-state index is 0.0302. The fraction of sp³-hybridized carbons (Fsp3) is 0.118. The number of carbonyl (C=O) groups excluding carboxylic acids is 1. The standard InChI is InChI=1S/C17H16N4O3/c1-24-14-9-7-12(8-10-14)11-18-16(22)15-19-17(23)21(20-15)13-5-3-2-4-6-13/h2-10H,11H2,1H3,(H,18,22)(H,19,20,23). The summed E-state index contributed by atoms with van der Waals surface area (Å²) in [7, 11) is 1.59. The average Bonchev–Trinajstić information content (AvgIpc) is 3.02. The van der Waals surface area contributed by atoms with Gasteiger partial charge in [0.1, 0.15) is 5.75 Å². The molecule has 2 N–H and O–H groups in total. The first kappa shape index (κ1) is 15.5. The Morgan fingerprint density at radius 3 is 2.54 bits per heavy atom. The molecule has 0 aliphatic heterocycles. The second-order valence-electron chi connectivity index (χ2n) is 5.06. The maximum atomic E-state index is 12.2. The van der Waals surface area contributed by atoms with Crippen LogP contribution in [-0.2, 0) is 6.54 Å². The molecule has 7 heteroatoms. The zero-order chi connectivity index (χ0) is 16.9. The minimum atomic E-state index is -0.462. The van der Waals surface area contributed by atoms with Crippen molar-refractivity contribution in [2.24, 2.45) is 0 Å². The lowest BCUT2D eigenvalue weighted by Gasteiger charge is -2.04. The number of ether oxygens (including phenoxy) is 1. The SMILES string of the molecule is COc1ccc(CNC(=O)c2nn(-c3ccccc3)c(=O)[nH]2)cc1. The Balaban J connectivity index is 1.70. The Bertz CT molecular complexity index is 882. The van der Waals surface area contributed by atoms with Gasteiger partial charge in [-0.2, -0.15) is 4.68 Å². The number of nitrogens with one attached hydrogen (secondary N) is 2. The highest BCUT2D eigenvalue weighted by Gasteiger charge is 2.13. The molecule has 0 radical (unpaired) electrons. The summed E-state index contributed by atoms with van der Waals surface area (Å²) in [6.07, 6.45) is 0. The number of H-pyrrole nitrogens is 1. The highest BCUT2D eigenvalue weighted by Crippen LogP contribution is 2.11. The van der Waals surface area contributed by atoms with Crippen LogP contribution in [0.15, 0.2) is 59.4 Å². The zero-order valence-electron chi connectivity index (χ0n) is 13.0. The molecule has 3 aromatic rings. The molecule has 0 aliphatic carbocycles. The number of methoxy groups -OCH3 is 1. The quantitative estimate of drug-likeness (QED) is 0.744. The fourth-order valence-corrected chi connectivity index (χ4v) is 2.18. The van der Waals surface area contributed by atoms with E-state index in [1.54, 1.807) is 31.4 Å². The minimum Gasteiger partial charge on any atom is -0.497 e. The number of hydrogen-bond donors (Lipinski definition) is 2. The van der Waals surface area contributed by atoms with Crippen molar-refractivity contribution < 1.29 is 9.53 Å². The van der Waals surface area contributed by atoms with Gasteiger partial charge in [-0.3, -0.25) is 9.78 Å². The summed E-state index contributed by atoms with van der Waals surface area (Å²) >= 11 is 0. The monoisotopic (exact) mass is 324 g/mol. The Morgan fingerprint density at radius 2 is 1.88 bits per heavy atom. The second-order valence-corrected chi connectivity index (χ2v) is 5.06. The molecule has 0 bridgehead atoms. The van der Waals surface area contributed by atoms with Crippen molar-refractivity contribution in [3.05, 3.63) is 76.5 Å².